The summed E-state index contributed by atoms with van der Waals surface area (Å²) in [5.41, 5.74) is 9.41. The van der Waals surface area contributed by atoms with Crippen LogP contribution in [0.1, 0.15) is 49.3 Å². The maximum atomic E-state index is 4.86. The summed E-state index contributed by atoms with van der Waals surface area (Å²) in [6.45, 7) is 4.69. The molecule has 0 radical (unpaired) electrons. The zero-order valence-electron chi connectivity index (χ0n) is 20.2. The van der Waals surface area contributed by atoms with Gasteiger partial charge in [0.15, 0.2) is 0 Å². The van der Waals surface area contributed by atoms with Gasteiger partial charge in [-0.3, -0.25) is 4.98 Å². The van der Waals surface area contributed by atoms with Crippen molar-refractivity contribution in [3.05, 3.63) is 89.6 Å². The van der Waals surface area contributed by atoms with Gasteiger partial charge >= 0.3 is 0 Å². The van der Waals surface area contributed by atoms with Crippen LogP contribution in [0.4, 0.5) is 0 Å². The molecule has 0 amide bonds. The van der Waals surface area contributed by atoms with Crippen molar-refractivity contribution in [1.82, 2.24) is 4.98 Å². The fourth-order valence-corrected chi connectivity index (χ4v) is 8.08. The van der Waals surface area contributed by atoms with Crippen LogP contribution in [0, 0.1) is 0 Å². The number of aromatic nitrogens is 1. The van der Waals surface area contributed by atoms with Gasteiger partial charge in [0.05, 0.1) is 5.69 Å². The highest BCUT2D eigenvalue weighted by atomic mass is 32.3. The molecule has 0 bridgehead atoms. The van der Waals surface area contributed by atoms with E-state index in [1.807, 2.05) is 6.20 Å². The Kier molecular flexibility index (Phi) is 4.75. The first kappa shape index (κ1) is 21.0. The fraction of sp³-hybridized carbons (Fsp3) is 0.323. The van der Waals surface area contributed by atoms with Crippen LogP contribution in [0.25, 0.3) is 33.2 Å². The fourth-order valence-electron chi connectivity index (χ4n) is 6.03. The van der Waals surface area contributed by atoms with Gasteiger partial charge in [-0.15, -0.1) is 0 Å². The zero-order valence-corrected chi connectivity index (χ0v) is 21.0. The first-order valence-electron chi connectivity index (χ1n) is 12.2. The van der Waals surface area contributed by atoms with Gasteiger partial charge in [-0.05, 0) is 88.1 Å². The van der Waals surface area contributed by atoms with Crippen molar-refractivity contribution in [2.45, 2.75) is 38.0 Å². The van der Waals surface area contributed by atoms with Crippen LogP contribution in [-0.2, 0) is 5.41 Å². The number of hydrogen-bond donors (Lipinski definition) is 0. The molecule has 3 aromatic carbocycles. The molecule has 2 heterocycles. The molecular formula is C31H33NS. The summed E-state index contributed by atoms with van der Waals surface area (Å²) < 4.78 is 0. The molecule has 1 aliphatic carbocycles. The minimum Gasteiger partial charge on any atom is -0.256 e. The maximum absolute atomic E-state index is 4.86. The molecular weight excluding hydrogens is 418 g/mol. The van der Waals surface area contributed by atoms with E-state index in [1.54, 1.807) is 0 Å². The first-order valence-corrected chi connectivity index (χ1v) is 14.9. The second-order valence-corrected chi connectivity index (χ2v) is 15.4. The molecule has 2 heteroatoms. The standard InChI is InChI=1S/C31H33NS/c1-31(2)28-8-6-5-7-26(28)27-12-10-24(20-29(27)31)30-25-11-9-22(19-23(25)13-16-32-30)21-14-17-33(3,4)18-15-21/h5-13,16,19-21H,14-15,17-18H2,1-4H3. The predicted octanol–water partition coefficient (Wildman–Crippen LogP) is 8.15. The third-order valence-corrected chi connectivity index (χ3v) is 10.8. The Morgan fingerprint density at radius 2 is 1.58 bits per heavy atom. The molecule has 1 saturated heterocycles. The molecule has 2 aliphatic rings. The van der Waals surface area contributed by atoms with E-state index in [1.165, 1.54) is 68.5 Å². The smallest absolute Gasteiger partial charge is 0.0780 e. The lowest BCUT2D eigenvalue weighted by Crippen LogP contribution is -2.18. The number of hydrogen-bond acceptors (Lipinski definition) is 1. The van der Waals surface area contributed by atoms with Gasteiger partial charge in [0.25, 0.3) is 0 Å². The van der Waals surface area contributed by atoms with Crippen LogP contribution in [0.15, 0.2) is 72.9 Å². The molecule has 168 valence electrons. The molecule has 1 fully saturated rings. The van der Waals surface area contributed by atoms with Gasteiger partial charge in [-0.25, -0.2) is 10.0 Å². The van der Waals surface area contributed by atoms with Crippen LogP contribution < -0.4 is 0 Å². The topological polar surface area (TPSA) is 12.9 Å². The zero-order chi connectivity index (χ0) is 22.8. The summed E-state index contributed by atoms with van der Waals surface area (Å²) in [6, 6.07) is 25.1. The minimum atomic E-state index is -0.353. The molecule has 33 heavy (non-hydrogen) atoms. The Bertz CT molecular complexity index is 1370. The van der Waals surface area contributed by atoms with Crippen molar-refractivity contribution in [2.24, 2.45) is 0 Å². The van der Waals surface area contributed by atoms with Crippen LogP contribution in [-0.4, -0.2) is 29.0 Å². The molecule has 0 unspecified atom stereocenters. The Morgan fingerprint density at radius 1 is 0.818 bits per heavy atom. The Hall–Kier alpha value is -2.58. The second kappa shape index (κ2) is 7.46. The van der Waals surface area contributed by atoms with Gasteiger partial charge in [0, 0.05) is 22.6 Å². The molecule has 1 nitrogen and oxygen atoms in total. The third-order valence-electron chi connectivity index (χ3n) is 8.15. The lowest BCUT2D eigenvalue weighted by molar-refractivity contribution is 0.632. The van der Waals surface area contributed by atoms with E-state index in [2.05, 4.69) is 93.1 Å². The lowest BCUT2D eigenvalue weighted by atomic mass is 9.81. The lowest BCUT2D eigenvalue weighted by Gasteiger charge is -2.39. The first-order chi connectivity index (χ1) is 15.8. The largest absolute Gasteiger partial charge is 0.256 e. The van der Waals surface area contributed by atoms with E-state index < -0.39 is 0 Å². The highest BCUT2D eigenvalue weighted by molar-refractivity contribution is 8.32. The Labute approximate surface area is 199 Å². The highest BCUT2D eigenvalue weighted by Gasteiger charge is 2.35. The second-order valence-electron chi connectivity index (χ2n) is 11.0. The molecule has 4 aromatic rings. The molecule has 0 N–H and O–H groups in total. The Balaban J connectivity index is 1.40. The molecule has 1 aromatic heterocycles. The average Bonchev–Trinajstić information content (AvgIpc) is 3.05. The minimum absolute atomic E-state index is 0.0104. The number of benzene rings is 3. The molecule has 1 aliphatic heterocycles. The van der Waals surface area contributed by atoms with Crippen molar-refractivity contribution in [3.63, 3.8) is 0 Å². The van der Waals surface area contributed by atoms with Crippen LogP contribution >= 0.6 is 10.0 Å². The molecule has 0 atom stereocenters. The van der Waals surface area contributed by atoms with Gasteiger partial charge in [-0.2, -0.15) is 0 Å². The van der Waals surface area contributed by atoms with Crippen LogP contribution in [0.3, 0.4) is 0 Å². The molecule has 0 spiro atoms. The monoisotopic (exact) mass is 451 g/mol. The summed E-state index contributed by atoms with van der Waals surface area (Å²) in [5, 5.41) is 2.58. The van der Waals surface area contributed by atoms with E-state index in [-0.39, 0.29) is 15.4 Å². The molecule has 6 rings (SSSR count). The van der Waals surface area contributed by atoms with Crippen molar-refractivity contribution >= 4 is 20.8 Å². The third kappa shape index (κ3) is 3.42. The summed E-state index contributed by atoms with van der Waals surface area (Å²) in [5.74, 6) is 3.53. The van der Waals surface area contributed by atoms with Crippen molar-refractivity contribution in [1.29, 1.82) is 0 Å². The van der Waals surface area contributed by atoms with Crippen molar-refractivity contribution in [2.75, 3.05) is 24.0 Å². The summed E-state index contributed by atoms with van der Waals surface area (Å²) in [6.07, 6.45) is 9.66. The number of pyridine rings is 1. The number of rotatable bonds is 2. The number of nitrogens with zero attached hydrogens (tertiary/aromatic N) is 1. The van der Waals surface area contributed by atoms with E-state index >= 15 is 0 Å². The summed E-state index contributed by atoms with van der Waals surface area (Å²) in [4.78, 5) is 4.86. The normalized spacial score (nSPS) is 19.8. The Morgan fingerprint density at radius 3 is 2.39 bits per heavy atom. The van der Waals surface area contributed by atoms with Crippen molar-refractivity contribution < 1.29 is 0 Å². The van der Waals surface area contributed by atoms with E-state index in [9.17, 15) is 0 Å². The summed E-state index contributed by atoms with van der Waals surface area (Å²) >= 11 is 0. The summed E-state index contributed by atoms with van der Waals surface area (Å²) in [7, 11) is -0.353. The molecule has 0 saturated carbocycles. The van der Waals surface area contributed by atoms with Crippen LogP contribution in [0.2, 0.25) is 0 Å². The number of fused-ring (bicyclic) bond motifs is 4. The van der Waals surface area contributed by atoms with Gasteiger partial charge in [0.1, 0.15) is 0 Å². The van der Waals surface area contributed by atoms with Crippen LogP contribution in [0.5, 0.6) is 0 Å². The van der Waals surface area contributed by atoms with Gasteiger partial charge < -0.3 is 0 Å². The SMILES string of the molecule is CC1(C)c2ccccc2-c2ccc(-c3nccc4cc(C5CCS(C)(C)CC5)ccc34)cc21. The van der Waals surface area contributed by atoms with E-state index in [4.69, 9.17) is 4.98 Å². The maximum Gasteiger partial charge on any atom is 0.0780 e. The van der Waals surface area contributed by atoms with Crippen molar-refractivity contribution in [3.8, 4) is 22.4 Å². The van der Waals surface area contributed by atoms with Gasteiger partial charge in [-0.1, -0.05) is 68.4 Å². The predicted molar refractivity (Wildman–Crippen MR) is 146 cm³/mol. The average molecular weight is 452 g/mol. The highest BCUT2D eigenvalue weighted by Crippen LogP contribution is 2.51. The quantitative estimate of drug-likeness (QED) is 0.300. The van der Waals surface area contributed by atoms with Gasteiger partial charge in [0.2, 0.25) is 0 Å². The van der Waals surface area contributed by atoms with E-state index in [0.717, 1.165) is 5.69 Å². The van der Waals surface area contributed by atoms with E-state index in [0.29, 0.717) is 5.92 Å².